The van der Waals surface area contributed by atoms with Gasteiger partial charge in [0.05, 0.1) is 11.0 Å². The van der Waals surface area contributed by atoms with Crippen molar-refractivity contribution < 1.29 is 4.42 Å². The molecule has 0 radical (unpaired) electrons. The van der Waals surface area contributed by atoms with Crippen LogP contribution in [0.3, 0.4) is 0 Å². The van der Waals surface area contributed by atoms with Gasteiger partial charge in [-0.2, -0.15) is 0 Å². The van der Waals surface area contributed by atoms with E-state index in [1.807, 2.05) is 24.3 Å². The minimum atomic E-state index is -0.118. The van der Waals surface area contributed by atoms with Crippen LogP contribution >= 0.6 is 0 Å². The molecule has 3 aromatic heterocycles. The molecule has 4 heteroatoms. The van der Waals surface area contributed by atoms with Gasteiger partial charge in [0.25, 0.3) is 0 Å². The highest BCUT2D eigenvalue weighted by Crippen LogP contribution is 2.53. The van der Waals surface area contributed by atoms with Crippen molar-refractivity contribution in [3.63, 3.8) is 0 Å². The number of para-hydroxylation sites is 1. The molecule has 0 aliphatic heterocycles. The molecule has 0 bridgehead atoms. The topological polar surface area (TPSA) is 43.9 Å². The molecule has 11 rings (SSSR count). The molecule has 0 atom stereocenters. The van der Waals surface area contributed by atoms with Gasteiger partial charge < -0.3 is 4.42 Å². The van der Waals surface area contributed by atoms with Crippen molar-refractivity contribution in [1.29, 1.82) is 0 Å². The van der Waals surface area contributed by atoms with Gasteiger partial charge in [0, 0.05) is 32.5 Å². The molecule has 0 unspecified atom stereocenters. The van der Waals surface area contributed by atoms with Crippen LogP contribution in [0, 0.1) is 0 Å². The fraction of sp³-hybridized carbons (Fsp3) is 0.0638. The Morgan fingerprint density at radius 1 is 0.569 bits per heavy atom. The third-order valence-electron chi connectivity index (χ3n) is 11.0. The molecule has 0 saturated carbocycles. The fourth-order valence-corrected chi connectivity index (χ4v) is 8.62. The Morgan fingerprint density at radius 3 is 2.22 bits per heavy atom. The van der Waals surface area contributed by atoms with E-state index in [9.17, 15) is 0 Å². The Hall–Kier alpha value is -6.52. The smallest absolute Gasteiger partial charge is 0.236 e. The van der Waals surface area contributed by atoms with Gasteiger partial charge in [-0.3, -0.25) is 4.57 Å². The predicted molar refractivity (Wildman–Crippen MR) is 210 cm³/mol. The fourth-order valence-electron chi connectivity index (χ4n) is 8.62. The molecule has 3 heterocycles. The number of rotatable bonds is 3. The van der Waals surface area contributed by atoms with Crippen LogP contribution < -0.4 is 0 Å². The van der Waals surface area contributed by atoms with Crippen molar-refractivity contribution in [2.75, 3.05) is 0 Å². The molecule has 0 fully saturated rings. The number of aromatic nitrogens is 3. The van der Waals surface area contributed by atoms with Crippen LogP contribution in [0.5, 0.6) is 0 Å². The number of hydrogen-bond acceptors (Lipinski definition) is 3. The van der Waals surface area contributed by atoms with Crippen LogP contribution in [0.25, 0.3) is 94.1 Å². The van der Waals surface area contributed by atoms with E-state index in [-0.39, 0.29) is 5.41 Å². The van der Waals surface area contributed by atoms with Crippen LogP contribution in [0.2, 0.25) is 0 Å². The average molecular weight is 654 g/mol. The van der Waals surface area contributed by atoms with Crippen molar-refractivity contribution in [1.82, 2.24) is 14.5 Å². The van der Waals surface area contributed by atoms with Crippen LogP contribution in [0.4, 0.5) is 0 Å². The van der Waals surface area contributed by atoms with Crippen LogP contribution in [0.1, 0.15) is 25.0 Å². The third-order valence-corrected chi connectivity index (χ3v) is 11.0. The summed E-state index contributed by atoms with van der Waals surface area (Å²) in [6.07, 6.45) is 0. The summed E-state index contributed by atoms with van der Waals surface area (Å²) in [6.45, 7) is 4.68. The first kappa shape index (κ1) is 28.3. The van der Waals surface area contributed by atoms with Crippen LogP contribution in [-0.2, 0) is 5.41 Å². The van der Waals surface area contributed by atoms with E-state index < -0.39 is 0 Å². The normalized spacial score (nSPS) is 13.5. The second-order valence-electron chi connectivity index (χ2n) is 14.2. The minimum Gasteiger partial charge on any atom is -0.452 e. The first-order valence-corrected chi connectivity index (χ1v) is 17.5. The molecule has 10 aromatic rings. The monoisotopic (exact) mass is 653 g/mol. The number of nitrogens with zero attached hydrogens (tertiary/aromatic N) is 3. The lowest BCUT2D eigenvalue weighted by Crippen LogP contribution is -2.14. The lowest BCUT2D eigenvalue weighted by atomic mass is 9.82. The van der Waals surface area contributed by atoms with Gasteiger partial charge in [0.1, 0.15) is 16.8 Å². The Bertz CT molecular complexity index is 3060. The molecule has 1 aliphatic carbocycles. The highest BCUT2D eigenvalue weighted by molar-refractivity contribution is 6.23. The van der Waals surface area contributed by atoms with Crippen LogP contribution in [-0.4, -0.2) is 14.5 Å². The van der Waals surface area contributed by atoms with Crippen molar-refractivity contribution in [3.8, 4) is 39.5 Å². The van der Waals surface area contributed by atoms with Crippen molar-refractivity contribution in [3.05, 3.63) is 163 Å². The summed E-state index contributed by atoms with van der Waals surface area (Å²) in [5.41, 5.74) is 13.7. The molecule has 7 aromatic carbocycles. The van der Waals surface area contributed by atoms with Gasteiger partial charge in [0.15, 0.2) is 5.58 Å². The zero-order valence-electron chi connectivity index (χ0n) is 28.2. The molecule has 0 spiro atoms. The number of benzene rings is 7. The quantitative estimate of drug-likeness (QED) is 0.191. The average Bonchev–Trinajstić information content (AvgIpc) is 3.81. The molecular weight excluding hydrogens is 623 g/mol. The summed E-state index contributed by atoms with van der Waals surface area (Å²) in [6, 6.07) is 53.9. The molecule has 0 N–H and O–H groups in total. The summed E-state index contributed by atoms with van der Waals surface area (Å²) >= 11 is 0. The zero-order valence-corrected chi connectivity index (χ0v) is 28.2. The lowest BCUT2D eigenvalue weighted by molar-refractivity contribution is 0.661. The van der Waals surface area contributed by atoms with E-state index in [1.165, 1.54) is 43.8 Å². The number of fused-ring (bicyclic) bond motifs is 12. The Labute approximate surface area is 294 Å². The highest BCUT2D eigenvalue weighted by Gasteiger charge is 2.37. The van der Waals surface area contributed by atoms with Gasteiger partial charge in [-0.15, -0.1) is 0 Å². The molecule has 0 amide bonds. The van der Waals surface area contributed by atoms with E-state index in [4.69, 9.17) is 14.4 Å². The van der Waals surface area contributed by atoms with Crippen molar-refractivity contribution >= 4 is 54.6 Å². The van der Waals surface area contributed by atoms with E-state index in [0.29, 0.717) is 11.5 Å². The summed E-state index contributed by atoms with van der Waals surface area (Å²) in [7, 11) is 0. The maximum atomic E-state index is 6.59. The Morgan fingerprint density at radius 2 is 1.31 bits per heavy atom. The van der Waals surface area contributed by atoms with E-state index in [1.54, 1.807) is 0 Å². The third kappa shape index (κ3) is 3.90. The number of furan rings is 1. The van der Waals surface area contributed by atoms with Gasteiger partial charge >= 0.3 is 0 Å². The molecule has 4 nitrogen and oxygen atoms in total. The van der Waals surface area contributed by atoms with Gasteiger partial charge in [0.2, 0.25) is 5.95 Å². The van der Waals surface area contributed by atoms with Crippen LogP contribution in [0.15, 0.2) is 156 Å². The van der Waals surface area contributed by atoms with Gasteiger partial charge in [-0.25, -0.2) is 9.97 Å². The molecular formula is C47H31N3O. The molecule has 51 heavy (non-hydrogen) atoms. The maximum Gasteiger partial charge on any atom is 0.236 e. The Kier molecular flexibility index (Phi) is 5.70. The number of hydrogen-bond donors (Lipinski definition) is 0. The second kappa shape index (κ2) is 10.3. The van der Waals surface area contributed by atoms with Gasteiger partial charge in [-0.05, 0) is 63.0 Å². The largest absolute Gasteiger partial charge is 0.452 e. The van der Waals surface area contributed by atoms with E-state index >= 15 is 0 Å². The van der Waals surface area contributed by atoms with Crippen molar-refractivity contribution in [2.24, 2.45) is 0 Å². The minimum absolute atomic E-state index is 0.118. The first-order valence-electron chi connectivity index (χ1n) is 17.5. The maximum absolute atomic E-state index is 6.59. The summed E-state index contributed by atoms with van der Waals surface area (Å²) < 4.78 is 8.89. The zero-order chi connectivity index (χ0) is 33.8. The standard InChI is InChI=1S/C47H31N3O/c1-47(2)36-21-10-8-19-33(36)40-37(47)25-26-38-41(40)35-24-23-29-15-6-7-18-32(29)44(35)50(38)46-48-42(45-43(49-46)34-20-9-11-22-39(34)51-45)31-17-12-16-30(27-31)28-13-4-3-5-14-28/h3-27H,1-2H3. The molecule has 240 valence electrons. The summed E-state index contributed by atoms with van der Waals surface area (Å²) in [5, 5.41) is 5.75. The molecule has 1 aliphatic rings. The molecule has 0 saturated heterocycles. The first-order chi connectivity index (χ1) is 25.1. The van der Waals surface area contributed by atoms with Gasteiger partial charge in [-0.1, -0.05) is 141 Å². The predicted octanol–water partition coefficient (Wildman–Crippen LogP) is 12.3. The van der Waals surface area contributed by atoms with E-state index in [2.05, 4.69) is 146 Å². The summed E-state index contributed by atoms with van der Waals surface area (Å²) in [4.78, 5) is 10.9. The Balaban J connectivity index is 1.29. The van der Waals surface area contributed by atoms with E-state index in [0.717, 1.165) is 49.9 Å². The SMILES string of the molecule is CC1(C)c2ccccc2-c2c1ccc1c2c2ccc3ccccc3c2n1-c1nc(-c2cccc(-c3ccccc3)c2)c2oc3ccccc3c2n1. The summed E-state index contributed by atoms with van der Waals surface area (Å²) in [5.74, 6) is 0.621. The second-order valence-corrected chi connectivity index (χ2v) is 14.2. The highest BCUT2D eigenvalue weighted by atomic mass is 16.3. The lowest BCUT2D eigenvalue weighted by Gasteiger charge is -2.21. The van der Waals surface area contributed by atoms with Crippen molar-refractivity contribution in [2.45, 2.75) is 19.3 Å².